The molecule has 0 N–H and O–H groups in total. The fourth-order valence-electron chi connectivity index (χ4n) is 1.27. The molecule has 1 aromatic rings. The van der Waals surface area contributed by atoms with Crippen LogP contribution in [0.2, 0.25) is 0 Å². The standard InChI is InChI=1S/C9H10ClNO5S/c1-2-16-9-4-3-8(11(12)13)5-7(9)6-17(10,14)15/h3-5H,2,6H2,1H3. The van der Waals surface area contributed by atoms with Gasteiger partial charge in [-0.3, -0.25) is 10.1 Å². The highest BCUT2D eigenvalue weighted by Crippen LogP contribution is 2.26. The molecule has 0 aliphatic heterocycles. The third-order valence-electron chi connectivity index (χ3n) is 1.88. The third kappa shape index (κ3) is 4.20. The largest absolute Gasteiger partial charge is 0.494 e. The molecule has 0 aromatic heterocycles. The molecule has 0 fully saturated rings. The van der Waals surface area contributed by atoms with Gasteiger partial charge in [0, 0.05) is 28.4 Å². The monoisotopic (exact) mass is 279 g/mol. The van der Waals surface area contributed by atoms with Gasteiger partial charge in [0.25, 0.3) is 5.69 Å². The maximum Gasteiger partial charge on any atom is 0.270 e. The molecular formula is C9H10ClNO5S. The molecule has 0 bridgehead atoms. The van der Waals surface area contributed by atoms with Gasteiger partial charge in [0.05, 0.1) is 17.3 Å². The molecule has 0 unspecified atom stereocenters. The third-order valence-corrected chi connectivity index (χ3v) is 2.87. The van der Waals surface area contributed by atoms with Gasteiger partial charge in [-0.05, 0) is 13.0 Å². The second kappa shape index (κ2) is 5.33. The highest BCUT2D eigenvalue weighted by Gasteiger charge is 2.16. The van der Waals surface area contributed by atoms with Crippen molar-refractivity contribution < 1.29 is 18.1 Å². The molecule has 0 aliphatic carbocycles. The molecule has 0 radical (unpaired) electrons. The predicted molar refractivity (Wildman–Crippen MR) is 62.7 cm³/mol. The molecule has 0 saturated carbocycles. The molecule has 0 aliphatic rings. The minimum atomic E-state index is -3.79. The number of non-ortho nitro benzene ring substituents is 1. The fourth-order valence-corrected chi connectivity index (χ4v) is 2.22. The van der Waals surface area contributed by atoms with E-state index in [9.17, 15) is 18.5 Å². The van der Waals surface area contributed by atoms with Crippen molar-refractivity contribution in [3.8, 4) is 5.75 Å². The number of nitrogens with zero attached hydrogens (tertiary/aromatic N) is 1. The second-order valence-corrected chi connectivity index (χ2v) is 5.94. The Kier molecular flexibility index (Phi) is 4.30. The van der Waals surface area contributed by atoms with E-state index in [2.05, 4.69) is 0 Å². The van der Waals surface area contributed by atoms with Crippen LogP contribution in [0.4, 0.5) is 5.69 Å². The zero-order valence-corrected chi connectivity index (χ0v) is 10.5. The van der Waals surface area contributed by atoms with Gasteiger partial charge in [-0.15, -0.1) is 0 Å². The zero-order chi connectivity index (χ0) is 13.1. The Morgan fingerprint density at radius 2 is 2.12 bits per heavy atom. The van der Waals surface area contributed by atoms with Crippen LogP contribution in [0.25, 0.3) is 0 Å². The molecule has 1 rings (SSSR count). The van der Waals surface area contributed by atoms with Crippen LogP contribution < -0.4 is 4.74 Å². The van der Waals surface area contributed by atoms with Crippen LogP contribution in [0.1, 0.15) is 12.5 Å². The van der Waals surface area contributed by atoms with Crippen molar-refractivity contribution in [3.05, 3.63) is 33.9 Å². The first-order chi connectivity index (χ1) is 7.83. The van der Waals surface area contributed by atoms with Crippen molar-refractivity contribution in [3.63, 3.8) is 0 Å². The topological polar surface area (TPSA) is 86.5 Å². The Hall–Kier alpha value is -1.34. The Morgan fingerprint density at radius 1 is 1.47 bits per heavy atom. The first-order valence-electron chi connectivity index (χ1n) is 4.66. The van der Waals surface area contributed by atoms with E-state index in [0.29, 0.717) is 6.61 Å². The number of benzene rings is 1. The summed E-state index contributed by atoms with van der Waals surface area (Å²) < 4.78 is 27.1. The SMILES string of the molecule is CCOc1ccc([N+](=O)[O-])cc1CS(=O)(=O)Cl. The van der Waals surface area contributed by atoms with Crippen LogP contribution >= 0.6 is 10.7 Å². The first kappa shape index (κ1) is 13.7. The van der Waals surface area contributed by atoms with Crippen LogP contribution in [-0.4, -0.2) is 19.9 Å². The predicted octanol–water partition coefficient (Wildman–Crippen LogP) is 2.06. The van der Waals surface area contributed by atoms with Crippen molar-refractivity contribution in [2.45, 2.75) is 12.7 Å². The molecule has 94 valence electrons. The molecule has 6 nitrogen and oxygen atoms in total. The van der Waals surface area contributed by atoms with Crippen molar-refractivity contribution in [2.75, 3.05) is 6.61 Å². The van der Waals surface area contributed by atoms with Gasteiger partial charge >= 0.3 is 0 Å². The van der Waals surface area contributed by atoms with E-state index < -0.39 is 19.7 Å². The van der Waals surface area contributed by atoms with Crippen LogP contribution in [-0.2, 0) is 14.8 Å². The molecular weight excluding hydrogens is 270 g/mol. The first-order valence-corrected chi connectivity index (χ1v) is 7.14. The Balaban J connectivity index is 3.20. The van der Waals surface area contributed by atoms with E-state index in [4.69, 9.17) is 15.4 Å². The van der Waals surface area contributed by atoms with E-state index in [-0.39, 0.29) is 17.0 Å². The molecule has 0 spiro atoms. The molecule has 0 amide bonds. The van der Waals surface area contributed by atoms with Gasteiger partial charge < -0.3 is 4.74 Å². The highest BCUT2D eigenvalue weighted by molar-refractivity contribution is 8.13. The lowest BCUT2D eigenvalue weighted by Gasteiger charge is -2.08. The van der Waals surface area contributed by atoms with Crippen molar-refractivity contribution in [1.82, 2.24) is 0 Å². The van der Waals surface area contributed by atoms with Gasteiger partial charge in [0.15, 0.2) is 0 Å². The Morgan fingerprint density at radius 3 is 2.59 bits per heavy atom. The Bertz CT molecular complexity index is 528. The lowest BCUT2D eigenvalue weighted by molar-refractivity contribution is -0.384. The van der Waals surface area contributed by atoms with Crippen molar-refractivity contribution in [2.24, 2.45) is 0 Å². The smallest absolute Gasteiger partial charge is 0.270 e. The number of nitro groups is 1. The van der Waals surface area contributed by atoms with Gasteiger partial charge in [-0.2, -0.15) is 0 Å². The number of hydrogen-bond acceptors (Lipinski definition) is 5. The minimum absolute atomic E-state index is 0.177. The van der Waals surface area contributed by atoms with Crippen molar-refractivity contribution in [1.29, 1.82) is 0 Å². The molecule has 17 heavy (non-hydrogen) atoms. The summed E-state index contributed by atoms with van der Waals surface area (Å²) in [6.07, 6.45) is 0. The lowest BCUT2D eigenvalue weighted by atomic mass is 10.2. The normalized spacial score (nSPS) is 11.2. The van der Waals surface area contributed by atoms with Crippen molar-refractivity contribution >= 4 is 25.4 Å². The number of halogens is 1. The van der Waals surface area contributed by atoms with E-state index >= 15 is 0 Å². The average molecular weight is 280 g/mol. The molecule has 0 heterocycles. The van der Waals surface area contributed by atoms with Crippen LogP contribution in [0.15, 0.2) is 18.2 Å². The summed E-state index contributed by atoms with van der Waals surface area (Å²) in [4.78, 5) is 9.96. The average Bonchev–Trinajstić information content (AvgIpc) is 2.18. The maximum absolute atomic E-state index is 11.0. The summed E-state index contributed by atoms with van der Waals surface area (Å²) in [5.74, 6) is -0.228. The minimum Gasteiger partial charge on any atom is -0.494 e. The van der Waals surface area contributed by atoms with Crippen LogP contribution in [0.3, 0.4) is 0 Å². The molecule has 0 atom stereocenters. The lowest BCUT2D eigenvalue weighted by Crippen LogP contribution is -2.02. The summed E-state index contributed by atoms with van der Waals surface area (Å²) in [5, 5.41) is 10.6. The number of hydrogen-bond donors (Lipinski definition) is 0. The van der Waals surface area contributed by atoms with E-state index in [1.54, 1.807) is 6.92 Å². The molecule has 8 heteroatoms. The van der Waals surface area contributed by atoms with E-state index in [0.717, 1.165) is 6.07 Å². The highest BCUT2D eigenvalue weighted by atomic mass is 35.7. The van der Waals surface area contributed by atoms with Gasteiger partial charge in [-0.25, -0.2) is 8.42 Å². The van der Waals surface area contributed by atoms with Crippen LogP contribution in [0, 0.1) is 10.1 Å². The quantitative estimate of drug-likeness (QED) is 0.468. The molecule has 0 saturated heterocycles. The Labute approximate surface area is 103 Å². The summed E-state index contributed by atoms with van der Waals surface area (Å²) in [7, 11) is 1.33. The fraction of sp³-hybridized carbons (Fsp3) is 0.333. The number of rotatable bonds is 5. The van der Waals surface area contributed by atoms with E-state index in [1.165, 1.54) is 12.1 Å². The zero-order valence-electron chi connectivity index (χ0n) is 8.92. The van der Waals surface area contributed by atoms with Gasteiger partial charge in [-0.1, -0.05) is 0 Å². The molecule has 1 aromatic carbocycles. The van der Waals surface area contributed by atoms with E-state index in [1.807, 2.05) is 0 Å². The maximum atomic E-state index is 11.0. The summed E-state index contributed by atoms with van der Waals surface area (Å²) in [6, 6.07) is 3.75. The summed E-state index contributed by atoms with van der Waals surface area (Å²) in [6.45, 7) is 2.05. The number of ether oxygens (including phenoxy) is 1. The van der Waals surface area contributed by atoms with Gasteiger partial charge in [0.2, 0.25) is 9.05 Å². The van der Waals surface area contributed by atoms with Crippen LogP contribution in [0.5, 0.6) is 5.75 Å². The summed E-state index contributed by atoms with van der Waals surface area (Å²) in [5.41, 5.74) is -0.0279. The summed E-state index contributed by atoms with van der Waals surface area (Å²) >= 11 is 0. The second-order valence-electron chi connectivity index (χ2n) is 3.17. The van der Waals surface area contributed by atoms with Gasteiger partial charge in [0.1, 0.15) is 5.75 Å². The number of nitro benzene ring substituents is 1.